The smallest absolute Gasteiger partial charge is 0.354 e. The second-order valence-electron chi connectivity index (χ2n) is 2.94. The third-order valence-corrected chi connectivity index (χ3v) is 2.23. The number of carbonyl (C=O) groups is 1. The SMILES string of the molecule is Cn1nc2ccc(Cl)cc2c1C(=O)O. The Labute approximate surface area is 84.7 Å². The van der Waals surface area contributed by atoms with Crippen LogP contribution in [0.3, 0.4) is 0 Å². The van der Waals surface area contributed by atoms with Crippen LogP contribution in [0.1, 0.15) is 10.5 Å². The van der Waals surface area contributed by atoms with Gasteiger partial charge in [0.1, 0.15) is 0 Å². The van der Waals surface area contributed by atoms with E-state index in [1.807, 2.05) is 0 Å². The van der Waals surface area contributed by atoms with Gasteiger partial charge in [-0.3, -0.25) is 4.68 Å². The molecule has 0 spiro atoms. The van der Waals surface area contributed by atoms with Crippen molar-refractivity contribution in [3.05, 3.63) is 28.9 Å². The lowest BCUT2D eigenvalue weighted by molar-refractivity contribution is 0.0687. The molecule has 0 amide bonds. The molecule has 0 aliphatic carbocycles. The second kappa shape index (κ2) is 2.99. The molecular formula is C9H7ClN2O2. The quantitative estimate of drug-likeness (QED) is 0.783. The summed E-state index contributed by atoms with van der Waals surface area (Å²) < 4.78 is 1.34. The predicted molar refractivity (Wildman–Crippen MR) is 52.7 cm³/mol. The monoisotopic (exact) mass is 210 g/mol. The predicted octanol–water partition coefficient (Wildman–Crippen LogP) is 1.92. The first-order valence-corrected chi connectivity index (χ1v) is 4.33. The van der Waals surface area contributed by atoms with E-state index < -0.39 is 5.97 Å². The summed E-state index contributed by atoms with van der Waals surface area (Å²) in [6.07, 6.45) is 0. The molecule has 1 aromatic heterocycles. The number of nitrogens with zero attached hydrogens (tertiary/aromatic N) is 2. The first-order valence-electron chi connectivity index (χ1n) is 3.95. The third kappa shape index (κ3) is 1.24. The van der Waals surface area contributed by atoms with E-state index in [1.54, 1.807) is 25.2 Å². The van der Waals surface area contributed by atoms with E-state index in [1.165, 1.54) is 4.68 Å². The molecule has 1 heterocycles. The number of aryl methyl sites for hydroxylation is 1. The van der Waals surface area contributed by atoms with Crippen molar-refractivity contribution < 1.29 is 9.90 Å². The summed E-state index contributed by atoms with van der Waals surface area (Å²) in [6, 6.07) is 4.99. The molecular weight excluding hydrogens is 204 g/mol. The number of carboxylic acid groups (broad SMARTS) is 1. The number of aromatic nitrogens is 2. The number of benzene rings is 1. The van der Waals surface area contributed by atoms with Crippen LogP contribution in [0.5, 0.6) is 0 Å². The van der Waals surface area contributed by atoms with Crippen molar-refractivity contribution in [1.29, 1.82) is 0 Å². The Morgan fingerprint density at radius 3 is 2.93 bits per heavy atom. The highest BCUT2D eigenvalue weighted by atomic mass is 35.5. The average molecular weight is 211 g/mol. The highest BCUT2D eigenvalue weighted by molar-refractivity contribution is 6.31. The van der Waals surface area contributed by atoms with Gasteiger partial charge < -0.3 is 5.11 Å². The van der Waals surface area contributed by atoms with E-state index >= 15 is 0 Å². The Balaban J connectivity index is 2.86. The molecule has 0 aliphatic heterocycles. The summed E-state index contributed by atoms with van der Waals surface area (Å²) in [6.45, 7) is 0. The molecule has 1 aromatic carbocycles. The maximum Gasteiger partial charge on any atom is 0.354 e. The van der Waals surface area contributed by atoms with Gasteiger partial charge in [0.15, 0.2) is 5.69 Å². The number of carboxylic acids is 1. The van der Waals surface area contributed by atoms with Crippen LogP contribution in [-0.2, 0) is 7.05 Å². The van der Waals surface area contributed by atoms with Crippen molar-refractivity contribution in [1.82, 2.24) is 9.78 Å². The van der Waals surface area contributed by atoms with Crippen molar-refractivity contribution in [2.75, 3.05) is 0 Å². The molecule has 1 N–H and O–H groups in total. The number of rotatable bonds is 1. The van der Waals surface area contributed by atoms with Gasteiger partial charge in [-0.1, -0.05) is 11.6 Å². The fourth-order valence-corrected chi connectivity index (χ4v) is 1.60. The van der Waals surface area contributed by atoms with Crippen molar-refractivity contribution in [2.24, 2.45) is 7.05 Å². The topological polar surface area (TPSA) is 55.1 Å². The van der Waals surface area contributed by atoms with Gasteiger partial charge in [0.05, 0.1) is 5.52 Å². The fourth-order valence-electron chi connectivity index (χ4n) is 1.42. The van der Waals surface area contributed by atoms with Crippen molar-refractivity contribution in [3.63, 3.8) is 0 Å². The molecule has 4 nitrogen and oxygen atoms in total. The Hall–Kier alpha value is -1.55. The zero-order valence-electron chi connectivity index (χ0n) is 7.36. The van der Waals surface area contributed by atoms with Gasteiger partial charge in [-0.2, -0.15) is 5.10 Å². The van der Waals surface area contributed by atoms with Crippen molar-refractivity contribution >= 4 is 28.5 Å². The van der Waals surface area contributed by atoms with Gasteiger partial charge >= 0.3 is 5.97 Å². The molecule has 5 heteroatoms. The number of hydrogen-bond acceptors (Lipinski definition) is 2. The van der Waals surface area contributed by atoms with Crippen LogP contribution in [0.25, 0.3) is 10.9 Å². The van der Waals surface area contributed by atoms with E-state index in [-0.39, 0.29) is 5.69 Å². The number of hydrogen-bond donors (Lipinski definition) is 1. The Morgan fingerprint density at radius 1 is 1.57 bits per heavy atom. The molecule has 72 valence electrons. The van der Waals surface area contributed by atoms with Crippen LogP contribution in [0.2, 0.25) is 5.02 Å². The highest BCUT2D eigenvalue weighted by Crippen LogP contribution is 2.21. The summed E-state index contributed by atoms with van der Waals surface area (Å²) in [4.78, 5) is 10.9. The van der Waals surface area contributed by atoms with Gasteiger partial charge in [0.25, 0.3) is 0 Å². The van der Waals surface area contributed by atoms with Gasteiger partial charge in [0, 0.05) is 17.5 Å². The van der Waals surface area contributed by atoms with E-state index in [2.05, 4.69) is 5.10 Å². The van der Waals surface area contributed by atoms with E-state index in [0.717, 1.165) is 0 Å². The first-order chi connectivity index (χ1) is 6.59. The summed E-state index contributed by atoms with van der Waals surface area (Å²) in [5.74, 6) is -1.00. The van der Waals surface area contributed by atoms with Crippen LogP contribution in [-0.4, -0.2) is 20.9 Å². The lowest BCUT2D eigenvalue weighted by atomic mass is 10.2. The standard InChI is InChI=1S/C9H7ClN2O2/c1-12-8(9(13)14)6-4-5(10)2-3-7(6)11-12/h2-4H,1H3,(H,13,14). The lowest BCUT2D eigenvalue weighted by Gasteiger charge is -1.94. The van der Waals surface area contributed by atoms with Crippen LogP contribution < -0.4 is 0 Å². The van der Waals surface area contributed by atoms with Crippen LogP contribution in [0, 0.1) is 0 Å². The fraction of sp³-hybridized carbons (Fsp3) is 0.111. The third-order valence-electron chi connectivity index (χ3n) is 2.00. The Morgan fingerprint density at radius 2 is 2.29 bits per heavy atom. The summed E-state index contributed by atoms with van der Waals surface area (Å²) in [5.41, 5.74) is 0.789. The van der Waals surface area contributed by atoms with Gasteiger partial charge in [-0.15, -0.1) is 0 Å². The molecule has 0 saturated carbocycles. The molecule has 0 aliphatic rings. The molecule has 0 unspecified atom stereocenters. The molecule has 2 aromatic rings. The van der Waals surface area contributed by atoms with Crippen molar-refractivity contribution in [2.45, 2.75) is 0 Å². The van der Waals surface area contributed by atoms with Crippen LogP contribution in [0.4, 0.5) is 0 Å². The van der Waals surface area contributed by atoms with E-state index in [4.69, 9.17) is 16.7 Å². The Kier molecular flexibility index (Phi) is 1.93. The summed E-state index contributed by atoms with van der Waals surface area (Å²) >= 11 is 5.77. The normalized spacial score (nSPS) is 10.7. The molecule has 0 fully saturated rings. The number of fused-ring (bicyclic) bond motifs is 1. The van der Waals surface area contributed by atoms with Crippen molar-refractivity contribution in [3.8, 4) is 0 Å². The van der Waals surface area contributed by atoms with Crippen LogP contribution >= 0.6 is 11.6 Å². The van der Waals surface area contributed by atoms with E-state index in [9.17, 15) is 4.79 Å². The average Bonchev–Trinajstić information content (AvgIpc) is 2.40. The largest absolute Gasteiger partial charge is 0.477 e. The molecule has 2 rings (SSSR count). The minimum Gasteiger partial charge on any atom is -0.477 e. The molecule has 0 radical (unpaired) electrons. The zero-order valence-corrected chi connectivity index (χ0v) is 8.12. The highest BCUT2D eigenvalue weighted by Gasteiger charge is 2.15. The minimum atomic E-state index is -1.00. The summed E-state index contributed by atoms with van der Waals surface area (Å²) in [5, 5.41) is 14.1. The van der Waals surface area contributed by atoms with Gasteiger partial charge in [-0.25, -0.2) is 4.79 Å². The second-order valence-corrected chi connectivity index (χ2v) is 3.38. The molecule has 0 atom stereocenters. The summed E-state index contributed by atoms with van der Waals surface area (Å²) in [7, 11) is 1.59. The van der Waals surface area contributed by atoms with E-state index in [0.29, 0.717) is 15.9 Å². The Bertz CT molecular complexity index is 519. The molecule has 0 bridgehead atoms. The molecule has 14 heavy (non-hydrogen) atoms. The van der Waals surface area contributed by atoms with Gasteiger partial charge in [-0.05, 0) is 18.2 Å². The minimum absolute atomic E-state index is 0.155. The number of aromatic carboxylic acids is 1. The van der Waals surface area contributed by atoms with Gasteiger partial charge in [0.2, 0.25) is 0 Å². The number of halogens is 1. The maximum atomic E-state index is 10.9. The lowest BCUT2D eigenvalue weighted by Crippen LogP contribution is -2.05. The maximum absolute atomic E-state index is 10.9. The molecule has 0 saturated heterocycles. The first kappa shape index (κ1) is 9.02. The van der Waals surface area contributed by atoms with Crippen LogP contribution in [0.15, 0.2) is 18.2 Å². The zero-order chi connectivity index (χ0) is 10.3.